The molecule has 1 amide bonds. The summed E-state index contributed by atoms with van der Waals surface area (Å²) >= 11 is 0. The minimum atomic E-state index is -0.146. The predicted octanol–water partition coefficient (Wildman–Crippen LogP) is 1.83. The number of piperidine rings is 2. The summed E-state index contributed by atoms with van der Waals surface area (Å²) in [5.41, 5.74) is 0. The number of hydrogen-bond donors (Lipinski definition) is 0. The van der Waals surface area contributed by atoms with Gasteiger partial charge in [0, 0.05) is 13.1 Å². The van der Waals surface area contributed by atoms with Crippen LogP contribution in [-0.2, 0) is 9.59 Å². The van der Waals surface area contributed by atoms with Crippen molar-refractivity contribution < 1.29 is 9.59 Å². The molecule has 4 nitrogen and oxygen atoms in total. The zero-order valence-electron chi connectivity index (χ0n) is 12.2. The van der Waals surface area contributed by atoms with Gasteiger partial charge in [-0.2, -0.15) is 0 Å². The van der Waals surface area contributed by atoms with Crippen LogP contribution in [0.3, 0.4) is 0 Å². The van der Waals surface area contributed by atoms with Crippen LogP contribution in [-0.4, -0.2) is 53.2 Å². The monoisotopic (exact) mass is 266 g/mol. The molecule has 0 bridgehead atoms. The molecule has 0 spiro atoms. The van der Waals surface area contributed by atoms with Crippen molar-refractivity contribution in [1.82, 2.24) is 9.80 Å². The Labute approximate surface area is 116 Å². The maximum Gasteiger partial charge on any atom is 0.239 e. The van der Waals surface area contributed by atoms with Crippen molar-refractivity contribution in [2.24, 2.45) is 0 Å². The molecule has 0 aliphatic carbocycles. The molecule has 2 rings (SSSR count). The Morgan fingerprint density at radius 2 is 1.63 bits per heavy atom. The number of rotatable bonds is 3. The molecule has 0 saturated carbocycles. The first kappa shape index (κ1) is 14.5. The molecule has 0 N–H and O–H groups in total. The summed E-state index contributed by atoms with van der Waals surface area (Å²) in [6, 6.07) is -0.190. The Bertz CT molecular complexity index is 337. The van der Waals surface area contributed by atoms with Crippen molar-refractivity contribution in [3.63, 3.8) is 0 Å². The fourth-order valence-electron chi connectivity index (χ4n) is 3.37. The van der Waals surface area contributed by atoms with E-state index in [9.17, 15) is 9.59 Å². The highest BCUT2D eigenvalue weighted by molar-refractivity contribution is 5.85. The van der Waals surface area contributed by atoms with E-state index in [0.29, 0.717) is 0 Å². The van der Waals surface area contributed by atoms with Gasteiger partial charge in [0.1, 0.15) is 5.78 Å². The topological polar surface area (TPSA) is 40.6 Å². The lowest BCUT2D eigenvalue weighted by Crippen LogP contribution is -2.55. The average Bonchev–Trinajstić information content (AvgIpc) is 2.46. The van der Waals surface area contributed by atoms with Crippen molar-refractivity contribution in [2.45, 2.75) is 64.5 Å². The fraction of sp³-hybridized carbons (Fsp3) is 0.867. The standard InChI is InChI=1S/C15H26N2O2/c1-12(15(19)16-9-5-3-6-10-16)17-11-7-4-8-14(17)13(2)18/h12,14H,3-11H2,1-2H3. The zero-order chi connectivity index (χ0) is 13.8. The third-order valence-electron chi connectivity index (χ3n) is 4.54. The molecule has 2 aliphatic heterocycles. The Kier molecular flexibility index (Phi) is 4.97. The molecule has 0 aromatic rings. The van der Waals surface area contributed by atoms with Gasteiger partial charge in [0.2, 0.25) is 5.91 Å². The highest BCUT2D eigenvalue weighted by Crippen LogP contribution is 2.22. The van der Waals surface area contributed by atoms with Crippen molar-refractivity contribution >= 4 is 11.7 Å². The first-order chi connectivity index (χ1) is 9.11. The Morgan fingerprint density at radius 1 is 1.00 bits per heavy atom. The minimum absolute atomic E-state index is 0.0440. The van der Waals surface area contributed by atoms with Gasteiger partial charge >= 0.3 is 0 Å². The van der Waals surface area contributed by atoms with E-state index in [2.05, 4.69) is 4.90 Å². The average molecular weight is 266 g/mol. The number of likely N-dealkylation sites (tertiary alicyclic amines) is 2. The molecule has 19 heavy (non-hydrogen) atoms. The minimum Gasteiger partial charge on any atom is -0.341 e. The molecule has 2 aliphatic rings. The van der Waals surface area contributed by atoms with Crippen molar-refractivity contribution in [1.29, 1.82) is 0 Å². The summed E-state index contributed by atoms with van der Waals surface area (Å²) in [6.45, 7) is 6.29. The maximum absolute atomic E-state index is 12.5. The summed E-state index contributed by atoms with van der Waals surface area (Å²) in [5.74, 6) is 0.422. The molecule has 2 unspecified atom stereocenters. The fourth-order valence-corrected chi connectivity index (χ4v) is 3.37. The molecule has 4 heteroatoms. The molecule has 0 aromatic carbocycles. The van der Waals surface area contributed by atoms with Crippen LogP contribution >= 0.6 is 0 Å². The zero-order valence-corrected chi connectivity index (χ0v) is 12.2. The number of amides is 1. The second-order valence-electron chi connectivity index (χ2n) is 5.92. The molecular formula is C15H26N2O2. The molecule has 2 saturated heterocycles. The summed E-state index contributed by atoms with van der Waals surface area (Å²) in [4.78, 5) is 28.4. The van der Waals surface area contributed by atoms with E-state index in [0.717, 1.165) is 51.7 Å². The summed E-state index contributed by atoms with van der Waals surface area (Å²) in [5, 5.41) is 0. The van der Waals surface area contributed by atoms with Crippen molar-refractivity contribution in [3.05, 3.63) is 0 Å². The van der Waals surface area contributed by atoms with E-state index in [-0.39, 0.29) is 23.8 Å². The van der Waals surface area contributed by atoms with Gasteiger partial charge in [-0.3, -0.25) is 14.5 Å². The Balaban J connectivity index is 2.01. The van der Waals surface area contributed by atoms with E-state index >= 15 is 0 Å². The van der Waals surface area contributed by atoms with E-state index in [1.54, 1.807) is 6.92 Å². The summed E-state index contributed by atoms with van der Waals surface area (Å²) in [6.07, 6.45) is 6.58. The number of carbonyl (C=O) groups is 2. The van der Waals surface area contributed by atoms with E-state index in [1.165, 1.54) is 6.42 Å². The summed E-state index contributed by atoms with van der Waals surface area (Å²) < 4.78 is 0. The highest BCUT2D eigenvalue weighted by Gasteiger charge is 2.34. The van der Waals surface area contributed by atoms with Crippen LogP contribution in [0.15, 0.2) is 0 Å². The molecule has 0 aromatic heterocycles. The van der Waals surface area contributed by atoms with Gasteiger partial charge in [0.25, 0.3) is 0 Å². The maximum atomic E-state index is 12.5. The van der Waals surface area contributed by atoms with Gasteiger partial charge in [-0.1, -0.05) is 6.42 Å². The third-order valence-corrected chi connectivity index (χ3v) is 4.54. The van der Waals surface area contributed by atoms with Gasteiger partial charge < -0.3 is 4.90 Å². The number of ketones is 1. The van der Waals surface area contributed by atoms with Gasteiger partial charge in [0.05, 0.1) is 12.1 Å². The van der Waals surface area contributed by atoms with Crippen LogP contribution in [0.4, 0.5) is 0 Å². The van der Waals surface area contributed by atoms with E-state index in [4.69, 9.17) is 0 Å². The number of hydrogen-bond acceptors (Lipinski definition) is 3. The number of carbonyl (C=O) groups excluding carboxylic acids is 2. The van der Waals surface area contributed by atoms with Gasteiger partial charge in [-0.15, -0.1) is 0 Å². The number of nitrogens with zero attached hydrogens (tertiary/aromatic N) is 2. The number of Topliss-reactive ketones (excluding diaryl/α,β-unsaturated/α-hetero) is 1. The molecule has 2 atom stereocenters. The van der Waals surface area contributed by atoms with E-state index in [1.807, 2.05) is 11.8 Å². The van der Waals surface area contributed by atoms with Crippen LogP contribution in [0.2, 0.25) is 0 Å². The lowest BCUT2D eigenvalue weighted by atomic mass is 9.96. The van der Waals surface area contributed by atoms with Crippen LogP contribution in [0, 0.1) is 0 Å². The van der Waals surface area contributed by atoms with Crippen molar-refractivity contribution in [2.75, 3.05) is 19.6 Å². The van der Waals surface area contributed by atoms with Gasteiger partial charge in [0.15, 0.2) is 0 Å². The summed E-state index contributed by atoms with van der Waals surface area (Å²) in [7, 11) is 0. The first-order valence-corrected chi connectivity index (χ1v) is 7.66. The van der Waals surface area contributed by atoms with Gasteiger partial charge in [-0.25, -0.2) is 0 Å². The largest absolute Gasteiger partial charge is 0.341 e. The van der Waals surface area contributed by atoms with E-state index < -0.39 is 0 Å². The third kappa shape index (κ3) is 3.35. The molecule has 0 radical (unpaired) electrons. The highest BCUT2D eigenvalue weighted by atomic mass is 16.2. The lowest BCUT2D eigenvalue weighted by molar-refractivity contribution is -0.140. The van der Waals surface area contributed by atoms with Crippen LogP contribution in [0.1, 0.15) is 52.4 Å². The molecule has 2 heterocycles. The molecule has 2 fully saturated rings. The van der Waals surface area contributed by atoms with Gasteiger partial charge in [-0.05, 0) is 52.5 Å². The second-order valence-corrected chi connectivity index (χ2v) is 5.92. The van der Waals surface area contributed by atoms with Crippen LogP contribution in [0.5, 0.6) is 0 Å². The normalized spacial score (nSPS) is 27.1. The molecular weight excluding hydrogens is 240 g/mol. The Hall–Kier alpha value is -0.900. The second kappa shape index (κ2) is 6.51. The quantitative estimate of drug-likeness (QED) is 0.782. The SMILES string of the molecule is CC(=O)C1CCCCN1C(C)C(=O)N1CCCCC1. The lowest BCUT2D eigenvalue weighted by Gasteiger charge is -2.40. The predicted molar refractivity (Wildman–Crippen MR) is 74.9 cm³/mol. The van der Waals surface area contributed by atoms with Crippen LogP contribution in [0.25, 0.3) is 0 Å². The molecule has 108 valence electrons. The smallest absolute Gasteiger partial charge is 0.239 e. The van der Waals surface area contributed by atoms with Crippen LogP contribution < -0.4 is 0 Å². The first-order valence-electron chi connectivity index (χ1n) is 7.66. The Morgan fingerprint density at radius 3 is 2.26 bits per heavy atom. The van der Waals surface area contributed by atoms with Crippen molar-refractivity contribution in [3.8, 4) is 0 Å².